The standard InChI is InChI=1S/C18H18ClF3N3O7/c1-9-5-11(19)6-10-7-12(15(18(20,21)22)32-14(9)10)17(28)30-8-31-23-25(29)24-4-2-3-13(24)16(26)27/h5-7,13,15,23H,2-4,8H2,1H3,(H,26,27)/q-1/t13-,15-/m0/s1. The van der Waals surface area contributed by atoms with E-state index < -0.39 is 42.6 Å². The third-order valence-corrected chi connectivity index (χ3v) is 4.98. The first-order valence-corrected chi connectivity index (χ1v) is 9.63. The van der Waals surface area contributed by atoms with Gasteiger partial charge in [0.05, 0.1) is 5.57 Å². The number of hydrazine groups is 2. The van der Waals surface area contributed by atoms with Crippen molar-refractivity contribution < 1.29 is 42.2 Å². The highest BCUT2D eigenvalue weighted by Gasteiger charge is 2.49. The van der Waals surface area contributed by atoms with Gasteiger partial charge < -0.3 is 19.8 Å². The number of rotatable bonds is 7. The summed E-state index contributed by atoms with van der Waals surface area (Å²) < 4.78 is 50.1. The van der Waals surface area contributed by atoms with Gasteiger partial charge in [0.25, 0.3) is 0 Å². The fourth-order valence-corrected chi connectivity index (χ4v) is 3.66. The number of benzene rings is 1. The molecule has 2 atom stereocenters. The number of nitrogens with one attached hydrogen (secondary N) is 1. The first-order valence-electron chi connectivity index (χ1n) is 9.25. The van der Waals surface area contributed by atoms with Crippen LogP contribution in [0.15, 0.2) is 17.7 Å². The van der Waals surface area contributed by atoms with Crippen molar-refractivity contribution in [3.8, 4) is 5.75 Å². The molecule has 0 amide bonds. The molecule has 1 aromatic carbocycles. The molecule has 1 aromatic rings. The number of aryl methyl sites for hydroxylation is 1. The van der Waals surface area contributed by atoms with E-state index >= 15 is 0 Å². The van der Waals surface area contributed by atoms with E-state index in [4.69, 9.17) is 21.4 Å². The molecule has 0 saturated carbocycles. The van der Waals surface area contributed by atoms with Gasteiger partial charge in [-0.25, -0.2) is 19.9 Å². The Bertz CT molecular complexity index is 928. The second kappa shape index (κ2) is 9.60. The highest BCUT2D eigenvalue weighted by molar-refractivity contribution is 6.30. The quantitative estimate of drug-likeness (QED) is 0.260. The van der Waals surface area contributed by atoms with Crippen LogP contribution in [0.2, 0.25) is 5.02 Å². The smallest absolute Gasteiger partial charge is 0.430 e. The molecule has 0 radical (unpaired) electrons. The van der Waals surface area contributed by atoms with E-state index in [2.05, 4.69) is 9.57 Å². The van der Waals surface area contributed by atoms with E-state index in [-0.39, 0.29) is 34.6 Å². The predicted octanol–water partition coefficient (Wildman–Crippen LogP) is 2.56. The van der Waals surface area contributed by atoms with Crippen LogP contribution < -0.4 is 10.3 Å². The van der Waals surface area contributed by atoms with Crippen LogP contribution in [0.25, 0.3) is 6.08 Å². The van der Waals surface area contributed by atoms with E-state index in [1.807, 2.05) is 5.59 Å². The molecule has 2 aliphatic heterocycles. The van der Waals surface area contributed by atoms with E-state index in [9.17, 15) is 28.0 Å². The summed E-state index contributed by atoms with van der Waals surface area (Å²) in [7, 11) is 0. The fraction of sp³-hybridized carbons (Fsp3) is 0.444. The monoisotopic (exact) mass is 480 g/mol. The molecule has 2 heterocycles. The minimum Gasteiger partial charge on any atom is -0.756 e. The lowest BCUT2D eigenvalue weighted by atomic mass is 9.99. The molecule has 0 bridgehead atoms. The molecular formula is C18H18ClF3N3O7-. The van der Waals surface area contributed by atoms with Gasteiger partial charge in [0.2, 0.25) is 12.9 Å². The second-order valence-corrected chi connectivity index (χ2v) is 7.43. The number of carboxylic acids is 1. The molecule has 3 rings (SSSR count). The van der Waals surface area contributed by atoms with Gasteiger partial charge in [-0.1, -0.05) is 11.6 Å². The number of esters is 1. The van der Waals surface area contributed by atoms with Crippen molar-refractivity contribution in [1.29, 1.82) is 0 Å². The van der Waals surface area contributed by atoms with Gasteiger partial charge in [0, 0.05) is 17.1 Å². The number of aliphatic carboxylic acids is 1. The first kappa shape index (κ1) is 24.2. The van der Waals surface area contributed by atoms with E-state index in [1.54, 1.807) is 0 Å². The number of carbonyl (C=O) groups is 2. The molecular weight excluding hydrogens is 463 g/mol. The Morgan fingerprint density at radius 3 is 2.81 bits per heavy atom. The van der Waals surface area contributed by atoms with Gasteiger partial charge in [0.1, 0.15) is 11.8 Å². The highest BCUT2D eigenvalue weighted by Crippen LogP contribution is 2.40. The lowest BCUT2D eigenvalue weighted by molar-refractivity contribution is -0.213. The second-order valence-electron chi connectivity index (χ2n) is 7.00. The molecule has 0 unspecified atom stereocenters. The summed E-state index contributed by atoms with van der Waals surface area (Å²) in [5.74, 6) is -2.65. The SMILES string of the molecule is Cc1cc(Cl)cc2c1O[C@H](C(F)(F)F)C(C(=O)OCONN([O-])N1CCC[C@H]1C(=O)O)=C2. The summed E-state index contributed by atoms with van der Waals surface area (Å²) in [6.07, 6.45) is -5.81. The average Bonchev–Trinajstić information content (AvgIpc) is 3.19. The number of fused-ring (bicyclic) bond motifs is 1. The number of nitrogens with zero attached hydrogens (tertiary/aromatic N) is 2. The van der Waals surface area contributed by atoms with Crippen LogP contribution >= 0.6 is 11.6 Å². The maximum atomic E-state index is 13.5. The molecule has 176 valence electrons. The van der Waals surface area contributed by atoms with Gasteiger partial charge >= 0.3 is 18.1 Å². The van der Waals surface area contributed by atoms with Gasteiger partial charge in [-0.15, -0.1) is 5.59 Å². The Morgan fingerprint density at radius 1 is 1.44 bits per heavy atom. The van der Waals surface area contributed by atoms with Crippen LogP contribution in [-0.2, 0) is 19.2 Å². The van der Waals surface area contributed by atoms with E-state index in [1.165, 1.54) is 19.1 Å². The number of halogens is 4. The Morgan fingerprint density at radius 2 is 2.16 bits per heavy atom. The maximum Gasteiger partial charge on any atom is 0.430 e. The van der Waals surface area contributed by atoms with Crippen molar-refractivity contribution in [2.75, 3.05) is 13.3 Å². The summed E-state index contributed by atoms with van der Waals surface area (Å²) in [6.45, 7) is 0.723. The van der Waals surface area contributed by atoms with Crippen molar-refractivity contribution in [3.05, 3.63) is 39.1 Å². The fourth-order valence-electron chi connectivity index (χ4n) is 3.38. The van der Waals surface area contributed by atoms with Crippen molar-refractivity contribution in [1.82, 2.24) is 15.9 Å². The third-order valence-electron chi connectivity index (χ3n) is 4.76. The first-order chi connectivity index (χ1) is 15.0. The zero-order valence-electron chi connectivity index (χ0n) is 16.5. The molecule has 0 aliphatic carbocycles. The summed E-state index contributed by atoms with van der Waals surface area (Å²) in [5, 5.41) is 22.1. The van der Waals surface area contributed by atoms with Crippen LogP contribution in [0.3, 0.4) is 0 Å². The topological polar surface area (TPSA) is 124 Å². The zero-order valence-corrected chi connectivity index (χ0v) is 17.3. The van der Waals surface area contributed by atoms with E-state index in [0.717, 1.165) is 11.1 Å². The third kappa shape index (κ3) is 5.31. The summed E-state index contributed by atoms with van der Waals surface area (Å²) in [4.78, 5) is 28.0. The number of hydrogen-bond acceptors (Lipinski definition) is 9. The van der Waals surface area contributed by atoms with Gasteiger partial charge in [0.15, 0.2) is 0 Å². The van der Waals surface area contributed by atoms with Crippen LogP contribution in [0, 0.1) is 12.1 Å². The normalized spacial score (nSPS) is 21.2. The van der Waals surface area contributed by atoms with Crippen LogP contribution in [-0.4, -0.2) is 59.0 Å². The van der Waals surface area contributed by atoms with Crippen LogP contribution in [0.4, 0.5) is 13.2 Å². The van der Waals surface area contributed by atoms with Crippen molar-refractivity contribution >= 4 is 29.6 Å². The summed E-state index contributed by atoms with van der Waals surface area (Å²) in [5.41, 5.74) is 1.50. The van der Waals surface area contributed by atoms with Gasteiger partial charge in [-0.3, -0.25) is 4.79 Å². The molecule has 10 nitrogen and oxygen atoms in total. The van der Waals surface area contributed by atoms with E-state index in [0.29, 0.717) is 12.0 Å². The molecule has 1 saturated heterocycles. The Hall–Kier alpha value is -2.42. The van der Waals surface area contributed by atoms with Crippen LogP contribution in [0.1, 0.15) is 24.0 Å². The minimum absolute atomic E-state index is 0.0160. The number of ether oxygens (including phenoxy) is 2. The molecule has 1 fully saturated rings. The van der Waals surface area contributed by atoms with Gasteiger partial charge in [-0.05, 0) is 43.5 Å². The Labute approximate surface area is 184 Å². The number of carboxylic acid groups (broad SMARTS) is 1. The number of hydrogen-bond donors (Lipinski definition) is 2. The molecule has 32 heavy (non-hydrogen) atoms. The zero-order chi connectivity index (χ0) is 23.6. The summed E-state index contributed by atoms with van der Waals surface area (Å²) in [6, 6.07) is 1.71. The average molecular weight is 481 g/mol. The molecule has 2 aliphatic rings. The summed E-state index contributed by atoms with van der Waals surface area (Å²) >= 11 is 5.92. The molecule has 14 heteroatoms. The van der Waals surface area contributed by atoms with Crippen LogP contribution in [0.5, 0.6) is 5.75 Å². The number of alkyl halides is 3. The lowest BCUT2D eigenvalue weighted by Gasteiger charge is -2.38. The largest absolute Gasteiger partial charge is 0.756 e. The minimum atomic E-state index is -4.92. The van der Waals surface area contributed by atoms with Crippen molar-refractivity contribution in [3.63, 3.8) is 0 Å². The van der Waals surface area contributed by atoms with Gasteiger partial charge in [-0.2, -0.15) is 13.2 Å². The highest BCUT2D eigenvalue weighted by atomic mass is 35.5. The maximum absolute atomic E-state index is 13.5. The number of carbonyl (C=O) groups excluding carboxylic acids is 1. The lowest BCUT2D eigenvalue weighted by Crippen LogP contribution is -2.51. The Kier molecular flexibility index (Phi) is 7.27. The predicted molar refractivity (Wildman–Crippen MR) is 102 cm³/mol. The van der Waals surface area contributed by atoms with Crippen molar-refractivity contribution in [2.24, 2.45) is 0 Å². The van der Waals surface area contributed by atoms with Crippen molar-refractivity contribution in [2.45, 2.75) is 38.1 Å². The molecule has 2 N–H and O–H groups in total. The Balaban J connectivity index is 1.63. The molecule has 0 aromatic heterocycles. The molecule has 0 spiro atoms.